The van der Waals surface area contributed by atoms with E-state index in [1.807, 2.05) is 19.1 Å². The molecule has 6 heteroatoms. The number of amidine groups is 1. The van der Waals surface area contributed by atoms with E-state index in [0.717, 1.165) is 5.56 Å². The lowest BCUT2D eigenvalue weighted by molar-refractivity contribution is 0.0700. The van der Waals surface area contributed by atoms with Crippen molar-refractivity contribution < 1.29 is 14.7 Å². The average Bonchev–Trinajstić information content (AvgIpc) is 2.47. The smallest absolute Gasteiger partial charge is 0.253 e. The van der Waals surface area contributed by atoms with Gasteiger partial charge in [-0.25, -0.2) is 0 Å². The van der Waals surface area contributed by atoms with Crippen molar-refractivity contribution in [2.24, 2.45) is 10.9 Å². The monoisotopic (exact) mass is 279 g/mol. The van der Waals surface area contributed by atoms with Gasteiger partial charge in [-0.05, 0) is 19.1 Å². The largest absolute Gasteiger partial charge is 0.409 e. The zero-order chi connectivity index (χ0) is 15.0. The topological polar surface area (TPSA) is 88.2 Å². The van der Waals surface area contributed by atoms with Crippen molar-refractivity contribution in [3.63, 3.8) is 0 Å². The Morgan fingerprint density at radius 3 is 2.55 bits per heavy atom. The molecule has 0 fully saturated rings. The summed E-state index contributed by atoms with van der Waals surface area (Å²) in [4.78, 5) is 14.0. The third-order valence-electron chi connectivity index (χ3n) is 2.92. The molecule has 0 spiro atoms. The number of hydrogen-bond donors (Lipinski definition) is 2. The molecule has 1 aromatic rings. The predicted octanol–water partition coefficient (Wildman–Crippen LogP) is 1.22. The molecule has 1 rings (SSSR count). The van der Waals surface area contributed by atoms with Crippen LogP contribution in [0.3, 0.4) is 0 Å². The highest BCUT2D eigenvalue weighted by Crippen LogP contribution is 2.08. The van der Waals surface area contributed by atoms with Crippen LogP contribution in [0.25, 0.3) is 0 Å². The van der Waals surface area contributed by atoms with Gasteiger partial charge in [0, 0.05) is 32.2 Å². The Morgan fingerprint density at radius 1 is 1.35 bits per heavy atom. The molecule has 0 aromatic heterocycles. The molecule has 1 amide bonds. The maximum atomic E-state index is 12.4. The first-order valence-electron chi connectivity index (χ1n) is 6.39. The molecule has 0 radical (unpaired) electrons. The summed E-state index contributed by atoms with van der Waals surface area (Å²) in [5.41, 5.74) is 7.16. The first kappa shape index (κ1) is 16.0. The van der Waals surface area contributed by atoms with Crippen LogP contribution >= 0.6 is 0 Å². The van der Waals surface area contributed by atoms with Crippen LogP contribution in [0.5, 0.6) is 0 Å². The van der Waals surface area contributed by atoms with E-state index in [2.05, 4.69) is 5.16 Å². The van der Waals surface area contributed by atoms with Gasteiger partial charge in [0.25, 0.3) is 5.91 Å². The second-order valence-electron chi connectivity index (χ2n) is 4.49. The van der Waals surface area contributed by atoms with Crippen LogP contribution in [0, 0.1) is 6.92 Å². The number of oxime groups is 1. The molecular formula is C14H21N3O3. The summed E-state index contributed by atoms with van der Waals surface area (Å²) in [6, 6.07) is 7.37. The molecule has 20 heavy (non-hydrogen) atoms. The first-order valence-corrected chi connectivity index (χ1v) is 6.39. The van der Waals surface area contributed by atoms with E-state index in [0.29, 0.717) is 31.7 Å². The van der Waals surface area contributed by atoms with Gasteiger partial charge >= 0.3 is 0 Å². The van der Waals surface area contributed by atoms with E-state index in [1.165, 1.54) is 0 Å². The molecule has 0 aliphatic heterocycles. The summed E-state index contributed by atoms with van der Waals surface area (Å²) in [6.45, 7) is 3.25. The van der Waals surface area contributed by atoms with E-state index in [-0.39, 0.29) is 11.7 Å². The van der Waals surface area contributed by atoms with Gasteiger partial charge in [0.2, 0.25) is 0 Å². The van der Waals surface area contributed by atoms with Gasteiger partial charge in [0.15, 0.2) is 0 Å². The summed E-state index contributed by atoms with van der Waals surface area (Å²) >= 11 is 0. The lowest BCUT2D eigenvalue weighted by Gasteiger charge is -2.22. The van der Waals surface area contributed by atoms with Crippen LogP contribution in [0.1, 0.15) is 22.3 Å². The molecule has 0 aliphatic rings. The number of ether oxygens (including phenoxy) is 1. The van der Waals surface area contributed by atoms with Crippen LogP contribution in [0.2, 0.25) is 0 Å². The molecule has 0 saturated carbocycles. The standard InChI is InChI=1S/C14H21N3O3/c1-11-3-5-12(6-4-11)14(18)17(9-10-20-2)8-7-13(15)16-19/h3-6,19H,7-10H2,1-2H3,(H2,15,16). The second-order valence-corrected chi connectivity index (χ2v) is 4.49. The molecule has 0 atom stereocenters. The highest BCUT2D eigenvalue weighted by molar-refractivity contribution is 5.94. The molecule has 0 bridgehead atoms. The summed E-state index contributed by atoms with van der Waals surface area (Å²) in [5, 5.41) is 11.5. The Labute approximate surface area is 118 Å². The minimum Gasteiger partial charge on any atom is -0.409 e. The molecule has 1 aromatic carbocycles. The highest BCUT2D eigenvalue weighted by Gasteiger charge is 2.15. The molecule has 0 unspecified atom stereocenters. The SMILES string of the molecule is COCCN(CCC(N)=NO)C(=O)c1ccc(C)cc1. The van der Waals surface area contributed by atoms with Crippen LogP contribution < -0.4 is 5.73 Å². The maximum absolute atomic E-state index is 12.4. The van der Waals surface area contributed by atoms with Crippen molar-refractivity contribution in [2.75, 3.05) is 26.8 Å². The fourth-order valence-corrected chi connectivity index (χ4v) is 1.69. The molecule has 0 heterocycles. The zero-order valence-electron chi connectivity index (χ0n) is 11.9. The van der Waals surface area contributed by atoms with Crippen molar-refractivity contribution in [1.82, 2.24) is 4.90 Å². The van der Waals surface area contributed by atoms with Crippen LogP contribution in [0.15, 0.2) is 29.4 Å². The second kappa shape index (κ2) is 8.16. The summed E-state index contributed by atoms with van der Waals surface area (Å²) in [7, 11) is 1.58. The Bertz CT molecular complexity index is 457. The molecule has 110 valence electrons. The number of amides is 1. The number of nitrogens with two attached hydrogens (primary N) is 1. The number of benzene rings is 1. The number of aryl methyl sites for hydroxylation is 1. The van der Waals surface area contributed by atoms with E-state index in [4.69, 9.17) is 15.7 Å². The highest BCUT2D eigenvalue weighted by atomic mass is 16.5. The maximum Gasteiger partial charge on any atom is 0.253 e. The number of carbonyl (C=O) groups is 1. The van der Waals surface area contributed by atoms with Crippen molar-refractivity contribution in [1.29, 1.82) is 0 Å². The van der Waals surface area contributed by atoms with Crippen LogP contribution in [-0.2, 0) is 4.74 Å². The molecule has 0 aliphatic carbocycles. The van der Waals surface area contributed by atoms with Gasteiger partial charge in [-0.1, -0.05) is 22.9 Å². The molecule has 3 N–H and O–H groups in total. The number of hydrogen-bond acceptors (Lipinski definition) is 4. The fraction of sp³-hybridized carbons (Fsp3) is 0.429. The minimum atomic E-state index is -0.0900. The lowest BCUT2D eigenvalue weighted by atomic mass is 10.1. The Balaban J connectivity index is 2.75. The molecular weight excluding hydrogens is 258 g/mol. The summed E-state index contributed by atoms with van der Waals surface area (Å²) in [6.07, 6.45) is 0.317. The van der Waals surface area contributed by atoms with Crippen molar-refractivity contribution in [2.45, 2.75) is 13.3 Å². The van der Waals surface area contributed by atoms with Crippen LogP contribution in [0.4, 0.5) is 0 Å². The fourth-order valence-electron chi connectivity index (χ4n) is 1.69. The quantitative estimate of drug-likeness (QED) is 0.340. The lowest BCUT2D eigenvalue weighted by Crippen LogP contribution is -2.36. The minimum absolute atomic E-state index is 0.0900. The van der Waals surface area contributed by atoms with Crippen molar-refractivity contribution >= 4 is 11.7 Å². The molecule has 6 nitrogen and oxygen atoms in total. The first-order chi connectivity index (χ1) is 9.58. The van der Waals surface area contributed by atoms with E-state index >= 15 is 0 Å². The van der Waals surface area contributed by atoms with Gasteiger partial charge < -0.3 is 20.6 Å². The van der Waals surface area contributed by atoms with E-state index < -0.39 is 0 Å². The van der Waals surface area contributed by atoms with Gasteiger partial charge in [-0.2, -0.15) is 0 Å². The van der Waals surface area contributed by atoms with Gasteiger partial charge in [-0.15, -0.1) is 0 Å². The third-order valence-corrected chi connectivity index (χ3v) is 2.92. The van der Waals surface area contributed by atoms with Gasteiger partial charge in [-0.3, -0.25) is 4.79 Å². The average molecular weight is 279 g/mol. The third kappa shape index (κ3) is 4.89. The number of nitrogens with zero attached hydrogens (tertiary/aromatic N) is 2. The number of methoxy groups -OCH3 is 1. The van der Waals surface area contributed by atoms with Crippen molar-refractivity contribution in [3.05, 3.63) is 35.4 Å². The molecule has 0 saturated heterocycles. The van der Waals surface area contributed by atoms with Crippen molar-refractivity contribution in [3.8, 4) is 0 Å². The summed E-state index contributed by atoms with van der Waals surface area (Å²) < 4.78 is 5.01. The predicted molar refractivity (Wildman–Crippen MR) is 77.0 cm³/mol. The number of carbonyl (C=O) groups excluding carboxylic acids is 1. The summed E-state index contributed by atoms with van der Waals surface area (Å²) in [5.74, 6) is 0.0110. The zero-order valence-corrected chi connectivity index (χ0v) is 11.9. The normalized spacial score (nSPS) is 11.4. The van der Waals surface area contributed by atoms with E-state index in [1.54, 1.807) is 24.1 Å². The Hall–Kier alpha value is -2.08. The Kier molecular flexibility index (Phi) is 6.52. The van der Waals surface area contributed by atoms with Gasteiger partial charge in [0.1, 0.15) is 5.84 Å². The van der Waals surface area contributed by atoms with Gasteiger partial charge in [0.05, 0.1) is 6.61 Å². The number of rotatable bonds is 7. The van der Waals surface area contributed by atoms with E-state index in [9.17, 15) is 4.79 Å². The van der Waals surface area contributed by atoms with Crippen LogP contribution in [-0.4, -0.2) is 48.7 Å². The Morgan fingerprint density at radius 2 is 2.00 bits per heavy atom.